The molecule has 2 N–H and O–H groups in total. The van der Waals surface area contributed by atoms with Crippen LogP contribution >= 0.6 is 11.3 Å². The van der Waals surface area contributed by atoms with E-state index < -0.39 is 11.9 Å². The second kappa shape index (κ2) is 11.1. The maximum absolute atomic E-state index is 12.3. The molecule has 0 bridgehead atoms. The molecule has 0 unspecified atom stereocenters. The molecule has 0 spiro atoms. The predicted molar refractivity (Wildman–Crippen MR) is 114 cm³/mol. The van der Waals surface area contributed by atoms with Crippen molar-refractivity contribution in [2.75, 3.05) is 33.7 Å². The van der Waals surface area contributed by atoms with E-state index in [0.717, 1.165) is 16.9 Å². The molecule has 1 aromatic heterocycles. The molecular weight excluding hydrogens is 424 g/mol. The van der Waals surface area contributed by atoms with E-state index in [-0.39, 0.29) is 40.6 Å². The van der Waals surface area contributed by atoms with Gasteiger partial charge in [-0.3, -0.25) is 4.79 Å². The number of nitrogens with zero attached hydrogens (tertiary/aromatic N) is 1. The summed E-state index contributed by atoms with van der Waals surface area (Å²) in [4.78, 5) is 24.6. The third kappa shape index (κ3) is 5.58. The van der Waals surface area contributed by atoms with Crippen LogP contribution in [0.1, 0.15) is 39.7 Å². The molecule has 166 valence electrons. The molecule has 0 atom stereocenters. The number of aryl methyl sites for hydroxylation is 1. The topological polar surface area (TPSA) is 130 Å². The second-order valence-corrected chi connectivity index (χ2v) is 7.23. The Morgan fingerprint density at radius 1 is 1.10 bits per heavy atom. The Morgan fingerprint density at radius 3 is 2.26 bits per heavy atom. The number of ether oxygens (including phenoxy) is 5. The molecule has 2 aromatic rings. The normalized spacial score (nSPS) is 10.2. The van der Waals surface area contributed by atoms with Crippen molar-refractivity contribution in [2.24, 2.45) is 0 Å². The van der Waals surface area contributed by atoms with E-state index in [1.165, 1.54) is 21.3 Å². The number of rotatable bonds is 10. The van der Waals surface area contributed by atoms with Gasteiger partial charge in [-0.2, -0.15) is 5.26 Å². The third-order valence-corrected chi connectivity index (χ3v) is 5.37. The van der Waals surface area contributed by atoms with Crippen molar-refractivity contribution in [1.82, 2.24) is 0 Å². The zero-order valence-corrected chi connectivity index (χ0v) is 18.6. The van der Waals surface area contributed by atoms with Crippen LogP contribution in [0, 0.1) is 11.3 Å². The number of nitrogen functional groups attached to an aromatic ring is 1. The van der Waals surface area contributed by atoms with Gasteiger partial charge in [0.1, 0.15) is 22.6 Å². The average Bonchev–Trinajstić information content (AvgIpc) is 3.10. The summed E-state index contributed by atoms with van der Waals surface area (Å²) in [6, 6.07) is 5.45. The summed E-state index contributed by atoms with van der Waals surface area (Å²) in [5.74, 6) is 0.316. The molecule has 2 rings (SSSR count). The Hall–Kier alpha value is -3.45. The number of anilines is 1. The lowest BCUT2D eigenvalue weighted by Crippen LogP contribution is -2.10. The number of carbonyl (C=O) groups excluding carboxylic acids is 2. The Bertz CT molecular complexity index is 969. The first-order chi connectivity index (χ1) is 14.9. The highest BCUT2D eigenvalue weighted by Gasteiger charge is 2.24. The number of carbonyl (C=O) groups is 2. The molecule has 31 heavy (non-hydrogen) atoms. The smallest absolute Gasteiger partial charge is 0.348 e. The van der Waals surface area contributed by atoms with Crippen LogP contribution in [0.3, 0.4) is 0 Å². The molecule has 0 saturated heterocycles. The molecule has 9 nitrogen and oxygen atoms in total. The van der Waals surface area contributed by atoms with Crippen molar-refractivity contribution in [3.05, 3.63) is 33.7 Å². The van der Waals surface area contributed by atoms with Gasteiger partial charge in [0.05, 0.1) is 33.5 Å². The van der Waals surface area contributed by atoms with Gasteiger partial charge in [0.15, 0.2) is 11.5 Å². The molecule has 0 aliphatic heterocycles. The van der Waals surface area contributed by atoms with Crippen molar-refractivity contribution in [3.8, 4) is 23.3 Å². The van der Waals surface area contributed by atoms with Crippen molar-refractivity contribution >= 4 is 28.3 Å². The number of esters is 2. The minimum absolute atomic E-state index is 0.0644. The minimum Gasteiger partial charge on any atom is -0.493 e. The maximum Gasteiger partial charge on any atom is 0.348 e. The SMILES string of the molecule is CCOC(=O)c1sc(N)c(C#N)c1COC(=O)CCc1cc(OC)c(OC)c(OC)c1. The van der Waals surface area contributed by atoms with Gasteiger partial charge >= 0.3 is 11.9 Å². The van der Waals surface area contributed by atoms with Crippen LogP contribution in [0.2, 0.25) is 0 Å². The first-order valence-electron chi connectivity index (χ1n) is 9.32. The van der Waals surface area contributed by atoms with Crippen molar-refractivity contribution in [2.45, 2.75) is 26.4 Å². The quantitative estimate of drug-likeness (QED) is 0.545. The van der Waals surface area contributed by atoms with Crippen LogP contribution in [0.15, 0.2) is 12.1 Å². The van der Waals surface area contributed by atoms with Crippen LogP contribution in [0.5, 0.6) is 17.2 Å². The third-order valence-electron chi connectivity index (χ3n) is 4.33. The molecule has 0 saturated carbocycles. The molecule has 1 aromatic carbocycles. The van der Waals surface area contributed by atoms with Gasteiger partial charge in [-0.25, -0.2) is 4.79 Å². The van der Waals surface area contributed by atoms with Gasteiger partial charge in [-0.05, 0) is 31.0 Å². The summed E-state index contributed by atoms with van der Waals surface area (Å²) >= 11 is 0.937. The Morgan fingerprint density at radius 2 is 1.74 bits per heavy atom. The largest absolute Gasteiger partial charge is 0.493 e. The second-order valence-electron chi connectivity index (χ2n) is 6.18. The van der Waals surface area contributed by atoms with Crippen LogP contribution < -0.4 is 19.9 Å². The number of hydrogen-bond donors (Lipinski definition) is 1. The fraction of sp³-hybridized carbons (Fsp3) is 0.381. The van der Waals surface area contributed by atoms with Crippen molar-refractivity contribution < 1.29 is 33.3 Å². The van der Waals surface area contributed by atoms with Crippen LogP contribution in [0.4, 0.5) is 5.00 Å². The molecule has 0 amide bonds. The van der Waals surface area contributed by atoms with Crippen LogP contribution in [0.25, 0.3) is 0 Å². The molecule has 10 heteroatoms. The summed E-state index contributed by atoms with van der Waals surface area (Å²) in [7, 11) is 4.53. The van der Waals surface area contributed by atoms with E-state index in [1.54, 1.807) is 19.1 Å². The fourth-order valence-corrected chi connectivity index (χ4v) is 3.77. The minimum atomic E-state index is -0.607. The lowest BCUT2D eigenvalue weighted by Gasteiger charge is -2.14. The Labute approximate surface area is 184 Å². The Balaban J connectivity index is 2.09. The molecule has 0 aliphatic carbocycles. The number of nitriles is 1. The van der Waals surface area contributed by atoms with Gasteiger partial charge in [-0.1, -0.05) is 0 Å². The Kier molecular flexibility index (Phi) is 8.52. The van der Waals surface area contributed by atoms with Gasteiger partial charge < -0.3 is 29.4 Å². The summed E-state index contributed by atoms with van der Waals surface area (Å²) in [5.41, 5.74) is 6.98. The first kappa shape index (κ1) is 23.8. The fourth-order valence-electron chi connectivity index (χ4n) is 2.86. The van der Waals surface area contributed by atoms with Gasteiger partial charge in [0.25, 0.3) is 0 Å². The van der Waals surface area contributed by atoms with Crippen molar-refractivity contribution in [1.29, 1.82) is 5.26 Å². The monoisotopic (exact) mass is 448 g/mol. The number of benzene rings is 1. The summed E-state index contributed by atoms with van der Waals surface area (Å²) in [6.07, 6.45) is 0.423. The predicted octanol–water partition coefficient (Wildman–Crippen LogP) is 3.08. The van der Waals surface area contributed by atoms with Gasteiger partial charge in [0.2, 0.25) is 5.75 Å². The lowest BCUT2D eigenvalue weighted by atomic mass is 10.1. The van der Waals surface area contributed by atoms with E-state index in [2.05, 4.69) is 0 Å². The van der Waals surface area contributed by atoms with E-state index in [9.17, 15) is 14.9 Å². The number of hydrogen-bond acceptors (Lipinski definition) is 10. The number of thiophene rings is 1. The molecule has 1 heterocycles. The number of nitrogens with two attached hydrogens (primary N) is 1. The maximum atomic E-state index is 12.3. The molecule has 0 fully saturated rings. The first-order valence-corrected chi connectivity index (χ1v) is 10.1. The van der Waals surface area contributed by atoms with Gasteiger partial charge in [0, 0.05) is 12.0 Å². The standard InChI is InChI=1S/C21H24N2O7S/c1-5-29-21(25)19-14(13(10-22)20(23)31-19)11-30-17(24)7-6-12-8-15(26-2)18(28-4)16(9-12)27-3/h8-9H,5-7,11,23H2,1-4H3. The molecule has 0 aliphatic rings. The molecule has 0 radical (unpaired) electrons. The highest BCUT2D eigenvalue weighted by atomic mass is 32.1. The van der Waals surface area contributed by atoms with Crippen LogP contribution in [-0.2, 0) is 27.3 Å². The molecular formula is C21H24N2O7S. The summed E-state index contributed by atoms with van der Waals surface area (Å²) < 4.78 is 26.2. The van der Waals surface area contributed by atoms with Crippen LogP contribution in [-0.4, -0.2) is 39.9 Å². The lowest BCUT2D eigenvalue weighted by molar-refractivity contribution is -0.144. The van der Waals surface area contributed by atoms with E-state index in [0.29, 0.717) is 23.7 Å². The zero-order chi connectivity index (χ0) is 23.0. The zero-order valence-electron chi connectivity index (χ0n) is 17.8. The van der Waals surface area contributed by atoms with E-state index >= 15 is 0 Å². The summed E-state index contributed by atoms with van der Waals surface area (Å²) in [6.45, 7) is 1.59. The van der Waals surface area contributed by atoms with E-state index in [1.807, 2.05) is 6.07 Å². The van der Waals surface area contributed by atoms with Crippen molar-refractivity contribution in [3.63, 3.8) is 0 Å². The number of methoxy groups -OCH3 is 3. The van der Waals surface area contributed by atoms with E-state index in [4.69, 9.17) is 29.4 Å². The van der Waals surface area contributed by atoms with Gasteiger partial charge in [-0.15, -0.1) is 11.3 Å². The summed E-state index contributed by atoms with van der Waals surface area (Å²) in [5, 5.41) is 9.51. The highest BCUT2D eigenvalue weighted by molar-refractivity contribution is 7.18. The average molecular weight is 448 g/mol. The highest BCUT2D eigenvalue weighted by Crippen LogP contribution is 2.38.